The van der Waals surface area contributed by atoms with Gasteiger partial charge in [0.2, 0.25) is 0 Å². The second-order valence-corrected chi connectivity index (χ2v) is 8.97. The molecule has 0 spiro atoms. The summed E-state index contributed by atoms with van der Waals surface area (Å²) in [6, 6.07) is 35.4. The fraction of sp³-hybridized carbons (Fsp3) is 0.133. The molecule has 0 atom stereocenters. The molecule has 2 N–H and O–H groups in total. The Balaban J connectivity index is 1.16. The number of nitrogens with zero attached hydrogens (tertiary/aromatic N) is 2. The first-order valence-electron chi connectivity index (χ1n) is 11.9. The second-order valence-electron chi connectivity index (χ2n) is 7.97. The average Bonchev–Trinajstić information content (AvgIpc) is 2.95. The lowest BCUT2D eigenvalue weighted by molar-refractivity contribution is 0.217. The van der Waals surface area contributed by atoms with Crippen molar-refractivity contribution in [2.75, 3.05) is 13.2 Å². The molecule has 0 radical (unpaired) electrons. The molecule has 188 valence electrons. The van der Waals surface area contributed by atoms with Gasteiger partial charge in [0.25, 0.3) is 0 Å². The highest BCUT2D eigenvalue weighted by Gasteiger charge is 2.00. The normalized spacial score (nSPS) is 11.4. The summed E-state index contributed by atoms with van der Waals surface area (Å²) in [5.74, 6) is 3.04. The quantitative estimate of drug-likeness (QED) is 0.104. The van der Waals surface area contributed by atoms with Gasteiger partial charge >= 0.3 is 0 Å². The molecule has 4 aromatic carbocycles. The molecule has 0 bridgehead atoms. The fourth-order valence-corrected chi connectivity index (χ4v) is 3.90. The predicted molar refractivity (Wildman–Crippen MR) is 152 cm³/mol. The lowest BCUT2D eigenvalue weighted by atomic mass is 10.2. The average molecular weight is 512 g/mol. The van der Waals surface area contributed by atoms with Crippen molar-refractivity contribution in [3.05, 3.63) is 126 Å². The van der Waals surface area contributed by atoms with Gasteiger partial charge in [0.1, 0.15) is 37.1 Å². The van der Waals surface area contributed by atoms with Gasteiger partial charge in [0.15, 0.2) is 5.17 Å². The van der Waals surface area contributed by atoms with Crippen LogP contribution in [0, 0.1) is 0 Å². The molecule has 0 saturated heterocycles. The smallest absolute Gasteiger partial charge is 0.180 e. The van der Waals surface area contributed by atoms with Crippen molar-refractivity contribution in [2.45, 2.75) is 12.4 Å². The minimum absolute atomic E-state index is 0.411. The number of amidine groups is 1. The zero-order chi connectivity index (χ0) is 25.5. The van der Waals surface area contributed by atoms with Crippen molar-refractivity contribution in [2.24, 2.45) is 15.9 Å². The Hall–Kier alpha value is -4.23. The van der Waals surface area contributed by atoms with Crippen LogP contribution in [0.3, 0.4) is 0 Å². The number of hydrogen-bond donors (Lipinski definition) is 1. The number of thioether (sulfide) groups is 1. The molecule has 0 aromatic heterocycles. The zero-order valence-electron chi connectivity index (χ0n) is 20.4. The monoisotopic (exact) mass is 511 g/mol. The molecule has 6 nitrogen and oxygen atoms in total. The van der Waals surface area contributed by atoms with Crippen molar-refractivity contribution in [1.82, 2.24) is 0 Å². The van der Waals surface area contributed by atoms with E-state index in [0.717, 1.165) is 34.1 Å². The van der Waals surface area contributed by atoms with Crippen LogP contribution >= 0.6 is 11.8 Å². The first kappa shape index (κ1) is 25.9. The predicted octanol–water partition coefficient (Wildman–Crippen LogP) is 6.31. The molecule has 4 aromatic rings. The Bertz CT molecular complexity index is 1280. The van der Waals surface area contributed by atoms with Gasteiger partial charge in [-0.05, 0) is 53.1 Å². The van der Waals surface area contributed by atoms with Gasteiger partial charge in [0.05, 0.1) is 6.21 Å². The van der Waals surface area contributed by atoms with Crippen molar-refractivity contribution in [3.63, 3.8) is 0 Å². The molecule has 0 heterocycles. The van der Waals surface area contributed by atoms with E-state index in [-0.39, 0.29) is 0 Å². The third kappa shape index (κ3) is 9.39. The third-order valence-electron chi connectivity index (χ3n) is 5.14. The molecule has 7 heteroatoms. The molecule has 0 saturated carbocycles. The van der Waals surface area contributed by atoms with Gasteiger partial charge in [-0.3, -0.25) is 0 Å². The molecular weight excluding hydrogens is 482 g/mol. The Morgan fingerprint density at radius 2 is 1.30 bits per heavy atom. The van der Waals surface area contributed by atoms with Crippen LogP contribution < -0.4 is 19.9 Å². The van der Waals surface area contributed by atoms with Gasteiger partial charge in [0, 0.05) is 5.75 Å². The molecule has 0 aliphatic heterocycles. The minimum Gasteiger partial charge on any atom is -0.490 e. The Labute approximate surface area is 221 Å². The highest BCUT2D eigenvalue weighted by Crippen LogP contribution is 2.19. The van der Waals surface area contributed by atoms with Crippen LogP contribution in [0.2, 0.25) is 0 Å². The third-order valence-corrected chi connectivity index (χ3v) is 6.00. The molecule has 4 rings (SSSR count). The summed E-state index contributed by atoms with van der Waals surface area (Å²) in [7, 11) is 0. The van der Waals surface area contributed by atoms with E-state index >= 15 is 0 Å². The highest BCUT2D eigenvalue weighted by molar-refractivity contribution is 8.13. The van der Waals surface area contributed by atoms with E-state index < -0.39 is 0 Å². The molecule has 0 amide bonds. The first-order valence-corrected chi connectivity index (χ1v) is 12.9. The lowest BCUT2D eigenvalue weighted by Crippen LogP contribution is -2.09. The van der Waals surface area contributed by atoms with E-state index in [1.54, 1.807) is 6.21 Å². The van der Waals surface area contributed by atoms with E-state index in [9.17, 15) is 0 Å². The van der Waals surface area contributed by atoms with E-state index in [4.69, 9.17) is 19.9 Å². The highest BCUT2D eigenvalue weighted by atomic mass is 32.2. The number of benzene rings is 4. The summed E-state index contributed by atoms with van der Waals surface area (Å²) in [5.41, 5.74) is 9.13. The maximum Gasteiger partial charge on any atom is 0.180 e. The van der Waals surface area contributed by atoms with Crippen molar-refractivity contribution < 1.29 is 14.2 Å². The molecule has 0 aliphatic carbocycles. The van der Waals surface area contributed by atoms with Crippen molar-refractivity contribution in [1.29, 1.82) is 0 Å². The van der Waals surface area contributed by atoms with Crippen molar-refractivity contribution in [3.8, 4) is 17.2 Å². The lowest BCUT2D eigenvalue weighted by Gasteiger charge is -2.10. The number of rotatable bonds is 12. The first-order chi connectivity index (χ1) is 18.2. The van der Waals surface area contributed by atoms with Crippen LogP contribution in [0.15, 0.2) is 119 Å². The zero-order valence-corrected chi connectivity index (χ0v) is 21.2. The largest absolute Gasteiger partial charge is 0.490 e. The molecule has 0 unspecified atom stereocenters. The Morgan fingerprint density at radius 1 is 0.676 bits per heavy atom. The minimum atomic E-state index is 0.411. The second kappa shape index (κ2) is 14.4. The summed E-state index contributed by atoms with van der Waals surface area (Å²) in [6.07, 6.45) is 1.65. The summed E-state index contributed by atoms with van der Waals surface area (Å²) in [4.78, 5) is 0. The van der Waals surface area contributed by atoms with Crippen LogP contribution in [-0.2, 0) is 12.4 Å². The summed E-state index contributed by atoms with van der Waals surface area (Å²) in [6.45, 7) is 1.36. The Morgan fingerprint density at radius 3 is 2.00 bits per heavy atom. The van der Waals surface area contributed by atoms with Crippen LogP contribution in [0.5, 0.6) is 17.2 Å². The number of nitrogens with two attached hydrogens (primary N) is 1. The van der Waals surface area contributed by atoms with Crippen LogP contribution in [0.1, 0.15) is 16.7 Å². The summed E-state index contributed by atoms with van der Waals surface area (Å²) >= 11 is 1.45. The maximum absolute atomic E-state index is 5.95. The number of hydrogen-bond acceptors (Lipinski definition) is 6. The molecule has 37 heavy (non-hydrogen) atoms. The standard InChI is InChI=1S/C30H29N3O3S/c31-30(37-23-25-10-5-2-6-11-25)33-32-21-26-12-7-13-29(20-26)35-19-18-34-27-14-16-28(17-15-27)36-22-24-8-3-1-4-9-24/h1-17,20-21H,18-19,22-23H2,(H2,31,33). The van der Waals surface area contributed by atoms with E-state index in [0.29, 0.717) is 25.0 Å². The van der Waals surface area contributed by atoms with Gasteiger partial charge in [-0.15, -0.1) is 5.10 Å². The fourth-order valence-electron chi connectivity index (χ4n) is 3.29. The van der Waals surface area contributed by atoms with Gasteiger partial charge in [-0.1, -0.05) is 84.6 Å². The summed E-state index contributed by atoms with van der Waals surface area (Å²) in [5, 5.41) is 8.58. The van der Waals surface area contributed by atoms with E-state index in [1.165, 1.54) is 17.3 Å². The molecule has 0 aliphatic rings. The van der Waals surface area contributed by atoms with Gasteiger partial charge in [-0.25, -0.2) is 0 Å². The SMILES string of the molecule is NC(=NN=Cc1cccc(OCCOc2ccc(OCc3ccccc3)cc2)c1)SCc1ccccc1. The topological polar surface area (TPSA) is 78.4 Å². The number of ether oxygens (including phenoxy) is 3. The summed E-state index contributed by atoms with van der Waals surface area (Å²) < 4.78 is 17.4. The van der Waals surface area contributed by atoms with Crippen LogP contribution in [0.25, 0.3) is 0 Å². The van der Waals surface area contributed by atoms with Gasteiger partial charge in [-0.2, -0.15) is 5.10 Å². The van der Waals surface area contributed by atoms with Crippen molar-refractivity contribution >= 4 is 23.1 Å². The Kier molecular flexibility index (Phi) is 10.0. The maximum atomic E-state index is 5.95. The van der Waals surface area contributed by atoms with E-state index in [1.807, 2.05) is 97.1 Å². The van der Waals surface area contributed by atoms with Gasteiger partial charge < -0.3 is 19.9 Å². The van der Waals surface area contributed by atoms with Crippen LogP contribution in [0.4, 0.5) is 0 Å². The van der Waals surface area contributed by atoms with Crippen LogP contribution in [-0.4, -0.2) is 24.6 Å². The van der Waals surface area contributed by atoms with E-state index in [2.05, 4.69) is 22.3 Å². The molecule has 0 fully saturated rings. The molecular formula is C30H29N3O3S.